The number of nitrogens with one attached hydrogen (secondary N) is 1. The van der Waals surface area contributed by atoms with Crippen molar-refractivity contribution in [1.29, 1.82) is 0 Å². The van der Waals surface area contributed by atoms with Crippen molar-refractivity contribution in [2.45, 2.75) is 77.9 Å². The van der Waals surface area contributed by atoms with Crippen molar-refractivity contribution >= 4 is 28.9 Å². The quantitative estimate of drug-likeness (QED) is 0.564. The summed E-state index contributed by atoms with van der Waals surface area (Å²) in [6.07, 6.45) is 11.9. The van der Waals surface area contributed by atoms with Gasteiger partial charge in [-0.15, -0.1) is 0 Å². The van der Waals surface area contributed by atoms with E-state index >= 15 is 0 Å². The van der Waals surface area contributed by atoms with E-state index < -0.39 is 0 Å². The molecule has 1 atom stereocenters. The number of nitrogen functional groups attached to an aromatic ring is 1. The molecule has 1 aromatic carbocycles. The van der Waals surface area contributed by atoms with Crippen molar-refractivity contribution in [2.24, 2.45) is 0 Å². The molecule has 1 aliphatic carbocycles. The molecular formula is C22H31ClFN5. The number of halogens is 2. The lowest BCUT2D eigenvalue weighted by Crippen LogP contribution is -2.38. The fourth-order valence-electron chi connectivity index (χ4n) is 4.11. The second-order valence-corrected chi connectivity index (χ2v) is 8.48. The van der Waals surface area contributed by atoms with Crippen LogP contribution < -0.4 is 16.0 Å². The number of fused-ring (bicyclic) bond motifs is 1. The summed E-state index contributed by atoms with van der Waals surface area (Å²) < 4.78 is 14.5. The van der Waals surface area contributed by atoms with Crippen LogP contribution in [-0.2, 0) is 0 Å². The number of anilines is 3. The molecule has 2 aliphatic rings. The van der Waals surface area contributed by atoms with Gasteiger partial charge in [0.2, 0.25) is 5.95 Å². The van der Waals surface area contributed by atoms with Crippen LogP contribution in [0, 0.1) is 5.82 Å². The molecule has 1 aromatic heterocycles. The van der Waals surface area contributed by atoms with Crippen LogP contribution in [0.15, 0.2) is 18.3 Å². The highest BCUT2D eigenvalue weighted by Gasteiger charge is 2.30. The van der Waals surface area contributed by atoms with Crippen molar-refractivity contribution in [1.82, 2.24) is 9.97 Å². The Bertz CT molecular complexity index is 823. The molecule has 1 unspecified atom stereocenters. The maximum atomic E-state index is 14.5. The first-order valence-corrected chi connectivity index (χ1v) is 10.9. The summed E-state index contributed by atoms with van der Waals surface area (Å²) in [5.41, 5.74) is 7.93. The molecule has 0 radical (unpaired) electrons. The van der Waals surface area contributed by atoms with Crippen LogP contribution in [0.4, 0.5) is 21.7 Å². The maximum Gasteiger partial charge on any atom is 0.220 e. The third-order valence-electron chi connectivity index (χ3n) is 5.46. The SMILES string of the molecule is C1CCCCCC1.CC(C)N1c2cc(-c3nc(N)ncc3Cl)cc(F)c2NC1C. The monoisotopic (exact) mass is 419 g/mol. The second kappa shape index (κ2) is 9.61. The molecule has 1 fully saturated rings. The summed E-state index contributed by atoms with van der Waals surface area (Å²) >= 11 is 6.13. The molecule has 3 N–H and O–H groups in total. The summed E-state index contributed by atoms with van der Waals surface area (Å²) in [5, 5.41) is 3.50. The van der Waals surface area contributed by atoms with Gasteiger partial charge in [-0.05, 0) is 32.9 Å². The number of aromatic nitrogens is 2. The Hall–Kier alpha value is -2.08. The summed E-state index contributed by atoms with van der Waals surface area (Å²) in [6.45, 7) is 6.12. The maximum absolute atomic E-state index is 14.5. The first-order valence-electron chi connectivity index (χ1n) is 10.5. The minimum absolute atomic E-state index is 0.0192. The van der Waals surface area contributed by atoms with Crippen LogP contribution >= 0.6 is 11.6 Å². The van der Waals surface area contributed by atoms with Crippen molar-refractivity contribution < 1.29 is 4.39 Å². The Kier molecular flexibility index (Phi) is 7.17. The van der Waals surface area contributed by atoms with E-state index in [0.717, 1.165) is 5.69 Å². The molecule has 0 saturated heterocycles. The van der Waals surface area contributed by atoms with Gasteiger partial charge in [0.05, 0.1) is 34.5 Å². The zero-order valence-electron chi connectivity index (χ0n) is 17.5. The van der Waals surface area contributed by atoms with Gasteiger partial charge in [0.25, 0.3) is 0 Å². The Labute approximate surface area is 177 Å². The third-order valence-corrected chi connectivity index (χ3v) is 5.74. The standard InChI is InChI=1S/C15H17ClFN5.C7H14/c1-7(2)22-8(3)20-14-11(17)4-9(5-12(14)22)13-10(16)6-19-15(18)21-13;1-2-4-6-7-5-3-1/h4-8,20H,1-3H3,(H2,18,19,21);1-7H2. The molecule has 1 aliphatic heterocycles. The molecule has 0 spiro atoms. The molecular weight excluding hydrogens is 389 g/mol. The summed E-state index contributed by atoms with van der Waals surface area (Å²) in [4.78, 5) is 10.1. The molecule has 5 nitrogen and oxygen atoms in total. The Morgan fingerprint density at radius 3 is 2.28 bits per heavy atom. The highest BCUT2D eigenvalue weighted by Crippen LogP contribution is 2.41. The van der Waals surface area contributed by atoms with Gasteiger partial charge < -0.3 is 16.0 Å². The van der Waals surface area contributed by atoms with E-state index in [4.69, 9.17) is 17.3 Å². The van der Waals surface area contributed by atoms with E-state index in [9.17, 15) is 4.39 Å². The van der Waals surface area contributed by atoms with Gasteiger partial charge in [-0.1, -0.05) is 56.5 Å². The normalized spacial score (nSPS) is 18.6. The van der Waals surface area contributed by atoms with Crippen molar-refractivity contribution in [3.63, 3.8) is 0 Å². The van der Waals surface area contributed by atoms with Gasteiger partial charge in [-0.3, -0.25) is 0 Å². The van der Waals surface area contributed by atoms with Crippen LogP contribution in [0.3, 0.4) is 0 Å². The Balaban J connectivity index is 0.000000290. The fourth-order valence-corrected chi connectivity index (χ4v) is 4.31. The van der Waals surface area contributed by atoms with Gasteiger partial charge in [0.15, 0.2) is 0 Å². The summed E-state index contributed by atoms with van der Waals surface area (Å²) in [7, 11) is 0. The van der Waals surface area contributed by atoms with Crippen LogP contribution in [0.1, 0.15) is 65.7 Å². The Morgan fingerprint density at radius 2 is 1.72 bits per heavy atom. The minimum Gasteiger partial charge on any atom is -0.368 e. The van der Waals surface area contributed by atoms with Crippen LogP contribution in [0.5, 0.6) is 0 Å². The predicted octanol–water partition coefficient (Wildman–Crippen LogP) is 6.24. The molecule has 2 heterocycles. The first kappa shape index (κ1) is 21.6. The molecule has 4 rings (SSSR count). The van der Waals surface area contributed by atoms with Crippen molar-refractivity contribution in [3.05, 3.63) is 29.2 Å². The molecule has 158 valence electrons. The zero-order valence-corrected chi connectivity index (χ0v) is 18.3. The number of nitrogens with zero attached hydrogens (tertiary/aromatic N) is 3. The molecule has 7 heteroatoms. The van der Waals surface area contributed by atoms with Gasteiger partial charge in [0, 0.05) is 11.6 Å². The predicted molar refractivity (Wildman–Crippen MR) is 120 cm³/mol. The third kappa shape index (κ3) is 5.10. The topological polar surface area (TPSA) is 67.1 Å². The van der Waals surface area contributed by atoms with E-state index in [2.05, 4.69) is 34.0 Å². The lowest BCUT2D eigenvalue weighted by molar-refractivity contribution is 0.629. The first-order chi connectivity index (χ1) is 13.9. The number of rotatable bonds is 2. The number of nitrogens with two attached hydrogens (primary N) is 1. The molecule has 1 saturated carbocycles. The molecule has 0 bridgehead atoms. The van der Waals surface area contributed by atoms with Gasteiger partial charge in [-0.2, -0.15) is 0 Å². The molecule has 2 aromatic rings. The smallest absolute Gasteiger partial charge is 0.220 e. The van der Waals surface area contributed by atoms with Crippen LogP contribution in [-0.4, -0.2) is 22.2 Å². The number of hydrogen-bond acceptors (Lipinski definition) is 5. The van der Waals surface area contributed by atoms with E-state index in [-0.39, 0.29) is 24.0 Å². The van der Waals surface area contributed by atoms with E-state index in [1.54, 1.807) is 0 Å². The zero-order chi connectivity index (χ0) is 21.0. The lowest BCUT2D eigenvalue weighted by Gasteiger charge is -2.28. The highest BCUT2D eigenvalue weighted by molar-refractivity contribution is 6.32. The lowest BCUT2D eigenvalue weighted by atomic mass is 10.1. The average molecular weight is 420 g/mol. The second-order valence-electron chi connectivity index (χ2n) is 8.07. The molecule has 0 amide bonds. The van der Waals surface area contributed by atoms with Crippen LogP contribution in [0.25, 0.3) is 11.3 Å². The Morgan fingerprint density at radius 1 is 1.14 bits per heavy atom. The molecule has 29 heavy (non-hydrogen) atoms. The number of benzene rings is 1. The van der Waals surface area contributed by atoms with E-state index in [1.165, 1.54) is 57.2 Å². The van der Waals surface area contributed by atoms with Gasteiger partial charge in [0.1, 0.15) is 5.82 Å². The van der Waals surface area contributed by atoms with E-state index in [1.807, 2.05) is 13.0 Å². The average Bonchev–Trinajstić information content (AvgIpc) is 2.85. The van der Waals surface area contributed by atoms with Gasteiger partial charge >= 0.3 is 0 Å². The summed E-state index contributed by atoms with van der Waals surface area (Å²) in [6, 6.07) is 3.52. The summed E-state index contributed by atoms with van der Waals surface area (Å²) in [5.74, 6) is -0.233. The highest BCUT2D eigenvalue weighted by atomic mass is 35.5. The van der Waals surface area contributed by atoms with Crippen LogP contribution in [0.2, 0.25) is 5.02 Å². The van der Waals surface area contributed by atoms with E-state index in [0.29, 0.717) is 22.0 Å². The largest absolute Gasteiger partial charge is 0.368 e. The van der Waals surface area contributed by atoms with Gasteiger partial charge in [-0.25, -0.2) is 14.4 Å². The number of hydrogen-bond donors (Lipinski definition) is 2. The van der Waals surface area contributed by atoms with Crippen molar-refractivity contribution in [2.75, 3.05) is 16.0 Å². The van der Waals surface area contributed by atoms with Crippen molar-refractivity contribution in [3.8, 4) is 11.3 Å². The minimum atomic E-state index is -0.337. The fraction of sp³-hybridized carbons (Fsp3) is 0.545.